The highest BCUT2D eigenvalue weighted by Gasteiger charge is 2.64. The van der Waals surface area contributed by atoms with Crippen molar-refractivity contribution in [1.82, 2.24) is 0 Å². The molecule has 1 aliphatic rings. The lowest BCUT2D eigenvalue weighted by atomic mass is 9.92. The number of rotatable bonds is 11. The van der Waals surface area contributed by atoms with Crippen LogP contribution in [-0.4, -0.2) is 48.1 Å². The van der Waals surface area contributed by atoms with E-state index in [0.29, 0.717) is 19.4 Å². The fraction of sp³-hybridized carbons (Fsp3) is 0.480. The van der Waals surface area contributed by atoms with Crippen molar-refractivity contribution in [2.24, 2.45) is 0 Å². The van der Waals surface area contributed by atoms with Crippen molar-refractivity contribution in [1.29, 1.82) is 0 Å². The minimum Gasteiger partial charge on any atom is -0.460 e. The summed E-state index contributed by atoms with van der Waals surface area (Å²) in [5, 5.41) is 0. The van der Waals surface area contributed by atoms with E-state index in [0.717, 1.165) is 30.6 Å². The Hall–Kier alpha value is -1.68. The Morgan fingerprint density at radius 2 is 1.65 bits per heavy atom. The number of hydrogen-bond acceptors (Lipinski definition) is 6. The van der Waals surface area contributed by atoms with E-state index in [1.54, 1.807) is 29.6 Å². The van der Waals surface area contributed by atoms with Crippen molar-refractivity contribution in [2.75, 3.05) is 25.2 Å². The molecule has 1 saturated heterocycles. The molecule has 1 aliphatic heterocycles. The van der Waals surface area contributed by atoms with E-state index >= 15 is 0 Å². The highest BCUT2D eigenvalue weighted by Crippen LogP contribution is 2.44. The number of alkyl halides is 3. The molecule has 0 N–H and O–H groups in total. The van der Waals surface area contributed by atoms with Crippen molar-refractivity contribution in [3.05, 3.63) is 71.8 Å². The van der Waals surface area contributed by atoms with Gasteiger partial charge in [-0.3, -0.25) is 0 Å². The van der Waals surface area contributed by atoms with Gasteiger partial charge in [-0.2, -0.15) is 13.2 Å². The molecule has 0 bridgehead atoms. The predicted octanol–water partition coefficient (Wildman–Crippen LogP) is 6.20. The number of carbonyl (C=O) groups is 1. The molecule has 1 unspecified atom stereocenters. The van der Waals surface area contributed by atoms with Crippen molar-refractivity contribution in [3.63, 3.8) is 0 Å². The first-order valence-electron chi connectivity index (χ1n) is 11.1. The van der Waals surface area contributed by atoms with Crippen molar-refractivity contribution < 1.29 is 32.2 Å². The summed E-state index contributed by atoms with van der Waals surface area (Å²) in [6, 6.07) is 16.5. The second-order valence-corrected chi connectivity index (χ2v) is 10.8. The van der Waals surface area contributed by atoms with E-state index in [9.17, 15) is 18.0 Å². The third kappa shape index (κ3) is 6.93. The molecule has 9 heteroatoms. The summed E-state index contributed by atoms with van der Waals surface area (Å²) in [6.07, 6.45) is -3.90. The molecule has 3 rings (SSSR count). The third-order valence-corrected chi connectivity index (χ3v) is 8.49. The van der Waals surface area contributed by atoms with Crippen LogP contribution in [0.2, 0.25) is 0 Å². The Kier molecular flexibility index (Phi) is 10.2. The Bertz CT molecular complexity index is 877. The third-order valence-electron chi connectivity index (χ3n) is 5.49. The zero-order valence-electron chi connectivity index (χ0n) is 19.0. The monoisotopic (exact) mass is 514 g/mol. The molecule has 0 aliphatic carbocycles. The van der Waals surface area contributed by atoms with E-state index in [1.807, 2.05) is 30.3 Å². The standard InChI is InChI=1S/C25H29F3O4S2/c1-30-24(25(26,27)28,20-11-6-3-7-12-20)23(29)32-21(17-22-33-15-8-16-34-22)13-14-31-18-19-9-4-2-5-10-19/h2-7,9-12,21-22H,8,13-18H2,1H3/t21-,24?/m0/s1. The van der Waals surface area contributed by atoms with E-state index in [-0.39, 0.29) is 16.8 Å². The molecule has 2 atom stereocenters. The first kappa shape index (κ1) is 26.9. The first-order chi connectivity index (χ1) is 16.4. The highest BCUT2D eigenvalue weighted by atomic mass is 32.2. The quantitative estimate of drug-likeness (QED) is 0.263. The molecule has 0 aromatic heterocycles. The summed E-state index contributed by atoms with van der Waals surface area (Å²) in [6.45, 7) is 0.634. The molecule has 2 aromatic rings. The van der Waals surface area contributed by atoms with Crippen molar-refractivity contribution in [3.8, 4) is 0 Å². The van der Waals surface area contributed by atoms with Crippen LogP contribution in [0.25, 0.3) is 0 Å². The van der Waals surface area contributed by atoms with Crippen LogP contribution in [-0.2, 0) is 31.2 Å². The fourth-order valence-corrected chi connectivity index (χ4v) is 6.71. The molecule has 0 radical (unpaired) electrons. The second-order valence-electron chi connectivity index (χ2n) is 7.86. The smallest absolute Gasteiger partial charge is 0.432 e. The summed E-state index contributed by atoms with van der Waals surface area (Å²) in [7, 11) is 0.882. The topological polar surface area (TPSA) is 44.8 Å². The summed E-state index contributed by atoms with van der Waals surface area (Å²) in [5.74, 6) is 0.516. The van der Waals surface area contributed by atoms with Gasteiger partial charge in [0.25, 0.3) is 5.60 Å². The molecule has 0 spiro atoms. The van der Waals surface area contributed by atoms with Gasteiger partial charge in [-0.25, -0.2) is 4.79 Å². The molecule has 4 nitrogen and oxygen atoms in total. The van der Waals surface area contributed by atoms with Crippen LogP contribution in [0.4, 0.5) is 13.2 Å². The maximum Gasteiger partial charge on any atom is 0.432 e. The maximum absolute atomic E-state index is 14.3. The molecular weight excluding hydrogens is 485 g/mol. The molecule has 186 valence electrons. The Balaban J connectivity index is 1.73. The van der Waals surface area contributed by atoms with Crippen LogP contribution in [0.3, 0.4) is 0 Å². The Morgan fingerprint density at radius 3 is 2.24 bits per heavy atom. The summed E-state index contributed by atoms with van der Waals surface area (Å²) < 4.78 is 59.1. The molecule has 0 amide bonds. The van der Waals surface area contributed by atoms with E-state index in [1.165, 1.54) is 24.3 Å². The van der Waals surface area contributed by atoms with Gasteiger partial charge in [0, 0.05) is 25.5 Å². The molecular formula is C25H29F3O4S2. The van der Waals surface area contributed by atoms with Crippen LogP contribution in [0, 0.1) is 0 Å². The van der Waals surface area contributed by atoms with Crippen LogP contribution in [0.5, 0.6) is 0 Å². The first-order valence-corrected chi connectivity index (χ1v) is 13.2. The van der Waals surface area contributed by atoms with Gasteiger partial charge in [-0.1, -0.05) is 60.7 Å². The molecule has 0 saturated carbocycles. The zero-order valence-corrected chi connectivity index (χ0v) is 20.6. The number of carbonyl (C=O) groups excluding carboxylic acids is 1. The number of esters is 1. The van der Waals surface area contributed by atoms with Gasteiger partial charge in [0.2, 0.25) is 0 Å². The van der Waals surface area contributed by atoms with E-state index in [2.05, 4.69) is 0 Å². The van der Waals surface area contributed by atoms with Gasteiger partial charge in [0.1, 0.15) is 6.10 Å². The van der Waals surface area contributed by atoms with Gasteiger partial charge >= 0.3 is 12.1 Å². The van der Waals surface area contributed by atoms with Crippen molar-refractivity contribution in [2.45, 2.75) is 48.3 Å². The largest absolute Gasteiger partial charge is 0.460 e. The number of halogens is 3. The minimum atomic E-state index is -5.00. The highest BCUT2D eigenvalue weighted by molar-refractivity contribution is 8.17. The number of ether oxygens (including phenoxy) is 3. The van der Waals surface area contributed by atoms with E-state index < -0.39 is 23.9 Å². The van der Waals surface area contributed by atoms with Crippen LogP contribution >= 0.6 is 23.5 Å². The lowest BCUT2D eigenvalue weighted by Gasteiger charge is -2.34. The van der Waals surface area contributed by atoms with Gasteiger partial charge in [-0.15, -0.1) is 23.5 Å². The lowest BCUT2D eigenvalue weighted by molar-refractivity contribution is -0.278. The second kappa shape index (κ2) is 12.9. The van der Waals surface area contributed by atoms with Crippen LogP contribution in [0.15, 0.2) is 60.7 Å². The molecule has 2 aromatic carbocycles. The van der Waals surface area contributed by atoms with Crippen LogP contribution in [0.1, 0.15) is 30.4 Å². The fourth-order valence-electron chi connectivity index (χ4n) is 3.71. The van der Waals surface area contributed by atoms with Gasteiger partial charge in [0.15, 0.2) is 0 Å². The Morgan fingerprint density at radius 1 is 1.03 bits per heavy atom. The lowest BCUT2D eigenvalue weighted by Crippen LogP contribution is -2.52. The SMILES string of the molecule is COC(C(=O)O[C@@H](CCOCc1ccccc1)CC1SCCCS1)(c1ccccc1)C(F)(F)F. The van der Waals surface area contributed by atoms with Crippen LogP contribution < -0.4 is 0 Å². The normalized spacial score (nSPS) is 17.6. The number of benzene rings is 2. The van der Waals surface area contributed by atoms with Gasteiger partial charge < -0.3 is 14.2 Å². The van der Waals surface area contributed by atoms with Gasteiger partial charge in [-0.05, 0) is 23.5 Å². The van der Waals surface area contributed by atoms with Gasteiger partial charge in [0.05, 0.1) is 17.8 Å². The zero-order chi connectivity index (χ0) is 24.4. The summed E-state index contributed by atoms with van der Waals surface area (Å²) in [5.41, 5.74) is -2.51. The van der Waals surface area contributed by atoms with Crippen molar-refractivity contribution >= 4 is 29.5 Å². The number of hydrogen-bond donors (Lipinski definition) is 0. The molecule has 34 heavy (non-hydrogen) atoms. The minimum absolute atomic E-state index is 0.153. The van der Waals surface area contributed by atoms with E-state index in [4.69, 9.17) is 14.2 Å². The average molecular weight is 515 g/mol. The Labute approximate surface area is 206 Å². The summed E-state index contributed by atoms with van der Waals surface area (Å²) >= 11 is 3.49. The number of methoxy groups -OCH3 is 1. The average Bonchev–Trinajstić information content (AvgIpc) is 2.83. The summed E-state index contributed by atoms with van der Waals surface area (Å²) in [4.78, 5) is 13.1. The predicted molar refractivity (Wildman–Crippen MR) is 130 cm³/mol. The number of thioether (sulfide) groups is 2. The molecule has 1 heterocycles. The maximum atomic E-state index is 14.3. The molecule has 1 fully saturated rings.